The van der Waals surface area contributed by atoms with E-state index in [-0.39, 0.29) is 18.4 Å². The lowest BCUT2D eigenvalue weighted by atomic mass is 10.1. The molecule has 1 aromatic rings. The number of carbonyl (C=O) groups is 1. The van der Waals surface area contributed by atoms with Crippen molar-refractivity contribution in [3.8, 4) is 5.75 Å². The first-order valence-corrected chi connectivity index (χ1v) is 3.79. The van der Waals surface area contributed by atoms with Gasteiger partial charge in [-0.3, -0.25) is 4.79 Å². The minimum atomic E-state index is -0.984. The summed E-state index contributed by atoms with van der Waals surface area (Å²) in [6.07, 6.45) is -0.0457. The van der Waals surface area contributed by atoms with Crippen LogP contribution in [0.25, 0.3) is 0 Å². The molecule has 0 aliphatic rings. The van der Waals surface area contributed by atoms with Crippen molar-refractivity contribution in [3.63, 3.8) is 0 Å². The Kier molecular flexibility index (Phi) is 2.84. The number of carboxylic acids is 1. The molecule has 13 heavy (non-hydrogen) atoms. The van der Waals surface area contributed by atoms with E-state index in [1.807, 2.05) is 0 Å². The number of halogens is 1. The first-order chi connectivity index (χ1) is 6.11. The number of benzene rings is 1. The predicted molar refractivity (Wildman–Crippen MR) is 44.0 cm³/mol. The Labute approximate surface area is 74.4 Å². The molecule has 0 bridgehead atoms. The summed E-state index contributed by atoms with van der Waals surface area (Å²) in [6.45, 7) is 0. The molecule has 0 spiro atoms. The maximum atomic E-state index is 13.0. The normalized spacial score (nSPS) is 9.92. The summed E-state index contributed by atoms with van der Waals surface area (Å²) < 4.78 is 13.0. The standard InChI is InChI=1S/C9H9FO3/c10-9-6(4-5-8(12)13)2-1-3-7(9)11/h1-3,11H,4-5H2,(H,12,13). The highest BCUT2D eigenvalue weighted by atomic mass is 19.1. The van der Waals surface area contributed by atoms with E-state index in [4.69, 9.17) is 10.2 Å². The van der Waals surface area contributed by atoms with Gasteiger partial charge >= 0.3 is 5.97 Å². The zero-order chi connectivity index (χ0) is 9.84. The van der Waals surface area contributed by atoms with E-state index in [9.17, 15) is 9.18 Å². The number of aliphatic carboxylic acids is 1. The molecular weight excluding hydrogens is 175 g/mol. The molecule has 0 atom stereocenters. The van der Waals surface area contributed by atoms with Crippen molar-refractivity contribution in [1.29, 1.82) is 0 Å². The van der Waals surface area contributed by atoms with E-state index in [1.54, 1.807) is 0 Å². The third kappa shape index (κ3) is 2.43. The van der Waals surface area contributed by atoms with Crippen LogP contribution in [0.4, 0.5) is 4.39 Å². The number of aromatic hydroxyl groups is 1. The van der Waals surface area contributed by atoms with Crippen LogP contribution in [-0.2, 0) is 11.2 Å². The molecule has 0 radical (unpaired) electrons. The van der Waals surface area contributed by atoms with Crippen LogP contribution in [0.3, 0.4) is 0 Å². The molecule has 1 rings (SSSR count). The molecule has 0 fully saturated rings. The molecule has 0 aliphatic heterocycles. The van der Waals surface area contributed by atoms with Crippen molar-refractivity contribution < 1.29 is 19.4 Å². The van der Waals surface area contributed by atoms with Gasteiger partial charge in [-0.05, 0) is 18.1 Å². The van der Waals surface area contributed by atoms with E-state index in [2.05, 4.69) is 0 Å². The van der Waals surface area contributed by atoms with E-state index in [1.165, 1.54) is 18.2 Å². The number of phenols is 1. The monoisotopic (exact) mass is 184 g/mol. The molecule has 0 aliphatic carbocycles. The van der Waals surface area contributed by atoms with Crippen LogP contribution in [-0.4, -0.2) is 16.2 Å². The molecule has 0 saturated heterocycles. The lowest BCUT2D eigenvalue weighted by Crippen LogP contribution is -1.99. The summed E-state index contributed by atoms with van der Waals surface area (Å²) in [5, 5.41) is 17.3. The van der Waals surface area contributed by atoms with Gasteiger partial charge in [0.05, 0.1) is 0 Å². The van der Waals surface area contributed by atoms with Gasteiger partial charge in [0.15, 0.2) is 11.6 Å². The Morgan fingerprint density at radius 3 is 2.77 bits per heavy atom. The number of hydrogen-bond acceptors (Lipinski definition) is 2. The summed E-state index contributed by atoms with van der Waals surface area (Å²) in [7, 11) is 0. The van der Waals surface area contributed by atoms with E-state index in [0.29, 0.717) is 0 Å². The highest BCUT2D eigenvalue weighted by Gasteiger charge is 2.07. The Bertz CT molecular complexity index is 323. The third-order valence-corrected chi connectivity index (χ3v) is 1.67. The molecule has 0 saturated carbocycles. The summed E-state index contributed by atoms with van der Waals surface area (Å²) >= 11 is 0. The average molecular weight is 184 g/mol. The minimum absolute atomic E-state index is 0.0928. The van der Waals surface area contributed by atoms with Crippen molar-refractivity contribution >= 4 is 5.97 Å². The number of phenolic OH excluding ortho intramolecular Hbond substituents is 1. The van der Waals surface area contributed by atoms with Crippen molar-refractivity contribution in [2.45, 2.75) is 12.8 Å². The topological polar surface area (TPSA) is 57.5 Å². The van der Waals surface area contributed by atoms with Gasteiger partial charge in [0, 0.05) is 6.42 Å². The fourth-order valence-electron chi connectivity index (χ4n) is 1.00. The molecule has 2 N–H and O–H groups in total. The SMILES string of the molecule is O=C(O)CCc1cccc(O)c1F. The van der Waals surface area contributed by atoms with Crippen LogP contribution in [0, 0.1) is 5.82 Å². The van der Waals surface area contributed by atoms with Crippen LogP contribution >= 0.6 is 0 Å². The fraction of sp³-hybridized carbons (Fsp3) is 0.222. The van der Waals surface area contributed by atoms with Gasteiger partial charge < -0.3 is 10.2 Å². The lowest BCUT2D eigenvalue weighted by molar-refractivity contribution is -0.136. The Balaban J connectivity index is 2.77. The van der Waals surface area contributed by atoms with Gasteiger partial charge in [0.2, 0.25) is 0 Å². The summed E-state index contributed by atoms with van der Waals surface area (Å²) in [5.41, 5.74) is 0.224. The Morgan fingerprint density at radius 1 is 1.46 bits per heavy atom. The van der Waals surface area contributed by atoms with Crippen molar-refractivity contribution in [2.75, 3.05) is 0 Å². The molecule has 0 aromatic heterocycles. The largest absolute Gasteiger partial charge is 0.505 e. The van der Waals surface area contributed by atoms with Crippen molar-refractivity contribution in [3.05, 3.63) is 29.6 Å². The van der Waals surface area contributed by atoms with Crippen LogP contribution in [0.15, 0.2) is 18.2 Å². The van der Waals surface area contributed by atoms with Gasteiger partial charge in [0.25, 0.3) is 0 Å². The zero-order valence-electron chi connectivity index (χ0n) is 6.83. The quantitative estimate of drug-likeness (QED) is 0.749. The van der Waals surface area contributed by atoms with Crippen LogP contribution < -0.4 is 0 Å². The predicted octanol–water partition coefficient (Wildman–Crippen LogP) is 1.55. The summed E-state index contributed by atoms with van der Waals surface area (Å²) in [4.78, 5) is 10.2. The van der Waals surface area contributed by atoms with Crippen molar-refractivity contribution in [2.24, 2.45) is 0 Å². The van der Waals surface area contributed by atoms with Crippen LogP contribution in [0.5, 0.6) is 5.75 Å². The molecule has 1 aromatic carbocycles. The van der Waals surface area contributed by atoms with Gasteiger partial charge in [0.1, 0.15) is 0 Å². The maximum absolute atomic E-state index is 13.0. The number of aryl methyl sites for hydroxylation is 1. The highest BCUT2D eigenvalue weighted by Crippen LogP contribution is 2.19. The molecular formula is C9H9FO3. The Morgan fingerprint density at radius 2 is 2.15 bits per heavy atom. The van der Waals surface area contributed by atoms with Gasteiger partial charge in [-0.15, -0.1) is 0 Å². The van der Waals surface area contributed by atoms with Gasteiger partial charge in [-0.2, -0.15) is 0 Å². The van der Waals surface area contributed by atoms with Gasteiger partial charge in [-0.25, -0.2) is 4.39 Å². The molecule has 70 valence electrons. The van der Waals surface area contributed by atoms with Crippen LogP contribution in [0.2, 0.25) is 0 Å². The van der Waals surface area contributed by atoms with Gasteiger partial charge in [-0.1, -0.05) is 12.1 Å². The van der Waals surface area contributed by atoms with E-state index >= 15 is 0 Å². The number of hydrogen-bond donors (Lipinski definition) is 2. The fourth-order valence-corrected chi connectivity index (χ4v) is 1.00. The first kappa shape index (κ1) is 9.51. The smallest absolute Gasteiger partial charge is 0.303 e. The Hall–Kier alpha value is -1.58. The number of rotatable bonds is 3. The highest BCUT2D eigenvalue weighted by molar-refractivity contribution is 5.67. The number of carboxylic acid groups (broad SMARTS) is 1. The zero-order valence-corrected chi connectivity index (χ0v) is 6.83. The third-order valence-electron chi connectivity index (χ3n) is 1.67. The van der Waals surface area contributed by atoms with Crippen molar-refractivity contribution in [1.82, 2.24) is 0 Å². The second-order valence-electron chi connectivity index (χ2n) is 2.64. The van der Waals surface area contributed by atoms with Crippen LogP contribution in [0.1, 0.15) is 12.0 Å². The molecule has 4 heteroatoms. The first-order valence-electron chi connectivity index (χ1n) is 3.79. The van der Waals surface area contributed by atoms with E-state index in [0.717, 1.165) is 0 Å². The molecule has 0 heterocycles. The summed E-state index contributed by atoms with van der Waals surface area (Å²) in [6, 6.07) is 4.16. The molecule has 0 amide bonds. The maximum Gasteiger partial charge on any atom is 0.303 e. The van der Waals surface area contributed by atoms with E-state index < -0.39 is 17.5 Å². The minimum Gasteiger partial charge on any atom is -0.505 e. The lowest BCUT2D eigenvalue weighted by Gasteiger charge is -2.01. The average Bonchev–Trinajstić information content (AvgIpc) is 2.07. The second-order valence-corrected chi connectivity index (χ2v) is 2.64. The summed E-state index contributed by atoms with van der Waals surface area (Å²) in [5.74, 6) is -2.16. The molecule has 0 unspecified atom stereocenters. The second kappa shape index (κ2) is 3.89. The molecule has 3 nitrogen and oxygen atoms in total.